The van der Waals surface area contributed by atoms with E-state index in [1.807, 2.05) is 0 Å². The van der Waals surface area contributed by atoms with Crippen molar-refractivity contribution >= 4 is 58.3 Å². The van der Waals surface area contributed by atoms with Crippen molar-refractivity contribution < 1.29 is 39.3 Å². The van der Waals surface area contributed by atoms with Gasteiger partial charge in [-0.05, 0) is 18.2 Å². The van der Waals surface area contributed by atoms with Crippen LogP contribution in [0.15, 0.2) is 57.2 Å². The fourth-order valence-corrected chi connectivity index (χ4v) is 5.81. The van der Waals surface area contributed by atoms with Gasteiger partial charge in [0.25, 0.3) is 25.9 Å². The maximum absolute atomic E-state index is 12.3. The Morgan fingerprint density at radius 3 is 1.97 bits per heavy atom. The molecule has 0 aromatic heterocycles. The minimum atomic E-state index is -5.27. The molecular weight excluding hydrogens is 512 g/mol. The van der Waals surface area contributed by atoms with Gasteiger partial charge in [-0.1, -0.05) is 35.9 Å². The number of hydrogen-bond acceptors (Lipinski definition) is 8. The molecule has 3 aromatic carbocycles. The first-order chi connectivity index (χ1) is 14.5. The molecule has 0 fully saturated rings. The molecule has 32 heavy (non-hydrogen) atoms. The second kappa shape index (κ2) is 7.73. The molecular formula is C16H11ClN2O10S3. The van der Waals surface area contributed by atoms with Crippen LogP contribution in [-0.4, -0.2) is 39.3 Å². The Kier molecular flexibility index (Phi) is 5.80. The van der Waals surface area contributed by atoms with Crippen molar-refractivity contribution in [3.05, 3.63) is 57.6 Å². The number of nitrogens with zero attached hydrogens (tertiary/aromatic N) is 1. The molecule has 0 aliphatic rings. The van der Waals surface area contributed by atoms with E-state index in [0.29, 0.717) is 0 Å². The second-order valence-corrected chi connectivity index (χ2v) is 11.0. The monoisotopic (exact) mass is 522 g/mol. The Labute approximate surface area is 185 Å². The number of halogens is 1. The molecule has 170 valence electrons. The lowest BCUT2D eigenvalue weighted by atomic mass is 9.99. The molecule has 0 spiro atoms. The lowest BCUT2D eigenvalue weighted by molar-refractivity contribution is -0.384. The molecule has 0 amide bonds. The van der Waals surface area contributed by atoms with Gasteiger partial charge in [-0.25, -0.2) is 13.6 Å². The molecule has 0 aliphatic heterocycles. The van der Waals surface area contributed by atoms with Crippen LogP contribution < -0.4 is 5.14 Å². The van der Waals surface area contributed by atoms with Crippen LogP contribution in [0.25, 0.3) is 21.9 Å². The standard InChI is InChI=1S/C16H11ClN2O10S3/c17-11-6-7-13(30(18,22)23)14(15(11)19(20)21)10-5-4-8-9(16(10)32(27,28)29)2-1-3-12(8)31(24,25)26/h1-7H,(H2,18,22,23)(H,24,25,26)(H,27,28,29). The minimum absolute atomic E-state index is 0.367. The van der Waals surface area contributed by atoms with E-state index in [4.69, 9.17) is 16.7 Å². The second-order valence-electron chi connectivity index (χ2n) is 6.31. The summed E-state index contributed by atoms with van der Waals surface area (Å²) in [6.45, 7) is 0. The van der Waals surface area contributed by atoms with E-state index >= 15 is 0 Å². The number of primary sulfonamides is 1. The van der Waals surface area contributed by atoms with Gasteiger partial charge in [-0.3, -0.25) is 19.2 Å². The lowest BCUT2D eigenvalue weighted by Crippen LogP contribution is -2.15. The third-order valence-electron chi connectivity index (χ3n) is 4.36. The van der Waals surface area contributed by atoms with Crippen LogP contribution >= 0.6 is 11.6 Å². The number of fused-ring (bicyclic) bond motifs is 1. The number of nitrogens with two attached hydrogens (primary N) is 1. The highest BCUT2D eigenvalue weighted by molar-refractivity contribution is 7.89. The van der Waals surface area contributed by atoms with Gasteiger partial charge >= 0.3 is 0 Å². The highest BCUT2D eigenvalue weighted by atomic mass is 35.5. The molecule has 3 aromatic rings. The van der Waals surface area contributed by atoms with E-state index in [1.165, 1.54) is 0 Å². The van der Waals surface area contributed by atoms with Crippen molar-refractivity contribution in [1.82, 2.24) is 0 Å². The number of sulfonamides is 1. The zero-order chi connectivity index (χ0) is 24.2. The fourth-order valence-electron chi connectivity index (χ4n) is 3.22. The molecule has 0 saturated carbocycles. The Morgan fingerprint density at radius 1 is 0.844 bits per heavy atom. The van der Waals surface area contributed by atoms with Crippen LogP contribution in [0.3, 0.4) is 0 Å². The molecule has 0 atom stereocenters. The van der Waals surface area contributed by atoms with Crippen LogP contribution in [0.5, 0.6) is 0 Å². The molecule has 0 radical (unpaired) electrons. The van der Waals surface area contributed by atoms with Gasteiger partial charge in [-0.2, -0.15) is 16.8 Å². The van der Waals surface area contributed by atoms with E-state index in [1.54, 1.807) is 0 Å². The van der Waals surface area contributed by atoms with Gasteiger partial charge in [0.1, 0.15) is 14.8 Å². The molecule has 12 nitrogen and oxygen atoms in total. The van der Waals surface area contributed by atoms with E-state index < -0.39 is 77.1 Å². The number of nitro groups is 1. The Hall–Kier alpha value is -2.66. The summed E-state index contributed by atoms with van der Waals surface area (Å²) in [5.41, 5.74) is -2.55. The summed E-state index contributed by atoms with van der Waals surface area (Å²) >= 11 is 5.86. The molecule has 3 rings (SSSR count). The van der Waals surface area contributed by atoms with E-state index in [9.17, 15) is 44.5 Å². The molecule has 16 heteroatoms. The molecule has 0 bridgehead atoms. The van der Waals surface area contributed by atoms with Crippen LogP contribution in [0.4, 0.5) is 5.69 Å². The lowest BCUT2D eigenvalue weighted by Gasteiger charge is -2.15. The van der Waals surface area contributed by atoms with Gasteiger partial charge in [-0.15, -0.1) is 0 Å². The normalized spacial score (nSPS) is 12.8. The number of benzene rings is 3. The topological polar surface area (TPSA) is 212 Å². The van der Waals surface area contributed by atoms with Crippen molar-refractivity contribution in [2.45, 2.75) is 14.7 Å². The van der Waals surface area contributed by atoms with Gasteiger partial charge in [0.05, 0.1) is 15.4 Å². The van der Waals surface area contributed by atoms with Gasteiger partial charge in [0.15, 0.2) is 0 Å². The summed E-state index contributed by atoms with van der Waals surface area (Å²) in [4.78, 5) is 7.94. The molecule has 4 N–H and O–H groups in total. The summed E-state index contributed by atoms with van der Waals surface area (Å²) in [6, 6.07) is 6.51. The van der Waals surface area contributed by atoms with Crippen molar-refractivity contribution in [2.24, 2.45) is 5.14 Å². The Balaban J connectivity index is 2.69. The van der Waals surface area contributed by atoms with E-state index in [-0.39, 0.29) is 5.39 Å². The third-order valence-corrected chi connectivity index (χ3v) is 7.48. The first-order valence-electron chi connectivity index (χ1n) is 8.06. The SMILES string of the molecule is NS(=O)(=O)c1ccc(Cl)c([N+](=O)[O-])c1-c1ccc2c(S(=O)(=O)O)cccc2c1S(=O)(=O)O. The average molecular weight is 523 g/mol. The summed E-state index contributed by atoms with van der Waals surface area (Å²) < 4.78 is 91.5. The van der Waals surface area contributed by atoms with Crippen LogP contribution in [0.2, 0.25) is 5.02 Å². The Bertz CT molecular complexity index is 1630. The summed E-state index contributed by atoms with van der Waals surface area (Å²) in [5, 5.41) is 15.4. The van der Waals surface area contributed by atoms with Gasteiger partial charge < -0.3 is 0 Å². The van der Waals surface area contributed by atoms with Gasteiger partial charge in [0.2, 0.25) is 10.0 Å². The maximum atomic E-state index is 12.3. The first-order valence-corrected chi connectivity index (χ1v) is 12.9. The molecule has 0 unspecified atom stereocenters. The highest BCUT2D eigenvalue weighted by Crippen LogP contribution is 2.45. The summed E-state index contributed by atoms with van der Waals surface area (Å²) in [6.07, 6.45) is 0. The van der Waals surface area contributed by atoms with Crippen LogP contribution in [0, 0.1) is 10.1 Å². The zero-order valence-electron chi connectivity index (χ0n) is 15.3. The van der Waals surface area contributed by atoms with Crippen LogP contribution in [0.1, 0.15) is 0 Å². The average Bonchev–Trinajstić information content (AvgIpc) is 2.63. The highest BCUT2D eigenvalue weighted by Gasteiger charge is 2.33. The van der Waals surface area contributed by atoms with Crippen molar-refractivity contribution in [3.8, 4) is 11.1 Å². The third kappa shape index (κ3) is 4.18. The number of rotatable bonds is 5. The molecule has 0 heterocycles. The predicted octanol–water partition coefficient (Wildman–Crippen LogP) is 2.21. The maximum Gasteiger partial charge on any atom is 0.297 e. The quantitative estimate of drug-likeness (QED) is 0.252. The van der Waals surface area contributed by atoms with E-state index in [2.05, 4.69) is 0 Å². The zero-order valence-corrected chi connectivity index (χ0v) is 18.5. The smallest absolute Gasteiger partial charge is 0.282 e. The minimum Gasteiger partial charge on any atom is -0.282 e. The first kappa shape index (κ1) is 24.0. The fraction of sp³-hybridized carbons (Fsp3) is 0. The van der Waals surface area contributed by atoms with E-state index in [0.717, 1.165) is 42.5 Å². The van der Waals surface area contributed by atoms with Crippen LogP contribution in [-0.2, 0) is 30.3 Å². The number of hydrogen-bond donors (Lipinski definition) is 3. The van der Waals surface area contributed by atoms with Crippen molar-refractivity contribution in [3.63, 3.8) is 0 Å². The summed E-state index contributed by atoms with van der Waals surface area (Å²) in [7, 11) is -14.8. The summed E-state index contributed by atoms with van der Waals surface area (Å²) in [5.74, 6) is 0. The van der Waals surface area contributed by atoms with Crippen molar-refractivity contribution in [1.29, 1.82) is 0 Å². The largest absolute Gasteiger partial charge is 0.297 e. The molecule has 0 saturated heterocycles. The van der Waals surface area contributed by atoms with Gasteiger partial charge in [0, 0.05) is 16.3 Å². The molecule has 0 aliphatic carbocycles. The Morgan fingerprint density at radius 2 is 1.47 bits per heavy atom. The predicted molar refractivity (Wildman–Crippen MR) is 112 cm³/mol. The van der Waals surface area contributed by atoms with Crippen molar-refractivity contribution in [2.75, 3.05) is 0 Å². The number of nitro benzene ring substituents is 1.